The molecule has 1 saturated heterocycles. The number of aromatic nitrogens is 2. The van der Waals surface area contributed by atoms with Crippen molar-refractivity contribution in [3.05, 3.63) is 36.0 Å². The number of anilines is 1. The quantitative estimate of drug-likeness (QED) is 0.887. The van der Waals surface area contributed by atoms with E-state index in [1.54, 1.807) is 6.20 Å². The molecule has 0 aliphatic carbocycles. The summed E-state index contributed by atoms with van der Waals surface area (Å²) in [5.74, 6) is 0.634. The molecule has 1 aliphatic rings. The van der Waals surface area contributed by atoms with Crippen molar-refractivity contribution in [3.8, 4) is 11.1 Å². The Kier molecular flexibility index (Phi) is 3.51. The van der Waals surface area contributed by atoms with Crippen LogP contribution in [0.1, 0.15) is 24.8 Å². The Bertz CT molecular complexity index is 541. The first kappa shape index (κ1) is 12.2. The zero-order chi connectivity index (χ0) is 13.1. The number of nitrogen functional groups attached to an aromatic ring is 1. The Morgan fingerprint density at radius 2 is 2.05 bits per heavy atom. The molecule has 1 aliphatic heterocycles. The number of rotatable bonds is 3. The SMILES string of the molecule is Nc1[nH]ncc1-c1cccc(CN2CCCCC2)c1. The minimum Gasteiger partial charge on any atom is -0.384 e. The molecule has 3 rings (SSSR count). The van der Waals surface area contributed by atoms with E-state index in [0.717, 1.165) is 17.7 Å². The first-order valence-corrected chi connectivity index (χ1v) is 6.93. The standard InChI is InChI=1S/C15H20N4/c16-15-14(10-17-18-15)13-6-4-5-12(9-13)11-19-7-2-1-3-8-19/h4-6,9-10H,1-3,7-8,11H2,(H3,16,17,18). The Hall–Kier alpha value is -1.81. The van der Waals surface area contributed by atoms with Gasteiger partial charge in [-0.1, -0.05) is 24.6 Å². The van der Waals surface area contributed by atoms with Gasteiger partial charge in [-0.3, -0.25) is 10.00 Å². The second-order valence-electron chi connectivity index (χ2n) is 5.23. The highest BCUT2D eigenvalue weighted by Crippen LogP contribution is 2.25. The van der Waals surface area contributed by atoms with Crippen molar-refractivity contribution in [3.63, 3.8) is 0 Å². The molecule has 0 amide bonds. The van der Waals surface area contributed by atoms with Crippen LogP contribution in [-0.4, -0.2) is 28.2 Å². The van der Waals surface area contributed by atoms with Crippen LogP contribution >= 0.6 is 0 Å². The Labute approximate surface area is 113 Å². The monoisotopic (exact) mass is 256 g/mol. The van der Waals surface area contributed by atoms with E-state index in [9.17, 15) is 0 Å². The first-order chi connectivity index (χ1) is 9.33. The normalized spacial score (nSPS) is 16.6. The van der Waals surface area contributed by atoms with Crippen molar-refractivity contribution in [2.24, 2.45) is 0 Å². The van der Waals surface area contributed by atoms with Gasteiger partial charge in [0.15, 0.2) is 0 Å². The van der Waals surface area contributed by atoms with E-state index in [1.807, 2.05) is 0 Å². The van der Waals surface area contributed by atoms with Crippen LogP contribution in [0.4, 0.5) is 5.82 Å². The molecular formula is C15H20N4. The van der Waals surface area contributed by atoms with E-state index in [2.05, 4.69) is 39.4 Å². The summed E-state index contributed by atoms with van der Waals surface area (Å²) in [6, 6.07) is 8.59. The van der Waals surface area contributed by atoms with Crippen LogP contribution in [0.2, 0.25) is 0 Å². The highest BCUT2D eigenvalue weighted by Gasteiger charge is 2.11. The third kappa shape index (κ3) is 2.79. The summed E-state index contributed by atoms with van der Waals surface area (Å²) < 4.78 is 0. The number of hydrogen-bond acceptors (Lipinski definition) is 3. The van der Waals surface area contributed by atoms with Gasteiger partial charge in [-0.25, -0.2) is 0 Å². The lowest BCUT2D eigenvalue weighted by Gasteiger charge is -2.26. The summed E-state index contributed by atoms with van der Waals surface area (Å²) >= 11 is 0. The maximum absolute atomic E-state index is 5.88. The number of nitrogens with zero attached hydrogens (tertiary/aromatic N) is 2. The van der Waals surface area contributed by atoms with Gasteiger partial charge in [0.05, 0.1) is 6.20 Å². The third-order valence-corrected chi connectivity index (χ3v) is 3.76. The molecule has 2 heterocycles. The highest BCUT2D eigenvalue weighted by atomic mass is 15.1. The number of piperidine rings is 1. The molecule has 1 aromatic carbocycles. The molecule has 0 spiro atoms. The van der Waals surface area contributed by atoms with Gasteiger partial charge >= 0.3 is 0 Å². The number of likely N-dealkylation sites (tertiary alicyclic amines) is 1. The summed E-state index contributed by atoms with van der Waals surface area (Å²) in [6.45, 7) is 3.47. The molecule has 0 radical (unpaired) electrons. The van der Waals surface area contributed by atoms with Gasteiger partial charge in [0.2, 0.25) is 0 Å². The van der Waals surface area contributed by atoms with Crippen LogP contribution in [-0.2, 0) is 6.54 Å². The number of aromatic amines is 1. The second-order valence-corrected chi connectivity index (χ2v) is 5.23. The number of H-pyrrole nitrogens is 1. The molecule has 1 fully saturated rings. The van der Waals surface area contributed by atoms with Crippen molar-refractivity contribution in [1.29, 1.82) is 0 Å². The van der Waals surface area contributed by atoms with E-state index in [1.165, 1.54) is 37.9 Å². The molecule has 100 valence electrons. The lowest BCUT2D eigenvalue weighted by Crippen LogP contribution is -2.29. The van der Waals surface area contributed by atoms with Gasteiger partial charge in [-0.15, -0.1) is 0 Å². The zero-order valence-electron chi connectivity index (χ0n) is 11.1. The lowest BCUT2D eigenvalue weighted by atomic mass is 10.0. The fraction of sp³-hybridized carbons (Fsp3) is 0.400. The van der Waals surface area contributed by atoms with Gasteiger partial charge in [0.25, 0.3) is 0 Å². The minimum atomic E-state index is 0.634. The topological polar surface area (TPSA) is 57.9 Å². The summed E-state index contributed by atoms with van der Waals surface area (Å²) in [6.07, 6.45) is 5.82. The van der Waals surface area contributed by atoms with Gasteiger partial charge < -0.3 is 5.73 Å². The molecule has 0 saturated carbocycles. The van der Waals surface area contributed by atoms with Crippen molar-refractivity contribution >= 4 is 5.82 Å². The molecule has 0 atom stereocenters. The summed E-state index contributed by atoms with van der Waals surface area (Å²) in [7, 11) is 0. The van der Waals surface area contributed by atoms with Crippen LogP contribution in [0.15, 0.2) is 30.5 Å². The van der Waals surface area contributed by atoms with Crippen molar-refractivity contribution in [1.82, 2.24) is 15.1 Å². The van der Waals surface area contributed by atoms with Crippen LogP contribution in [0.3, 0.4) is 0 Å². The smallest absolute Gasteiger partial charge is 0.126 e. The molecular weight excluding hydrogens is 236 g/mol. The number of hydrogen-bond donors (Lipinski definition) is 2. The molecule has 0 unspecified atom stereocenters. The predicted octanol–water partition coefficient (Wildman–Crippen LogP) is 2.64. The Morgan fingerprint density at radius 3 is 2.79 bits per heavy atom. The zero-order valence-corrected chi connectivity index (χ0v) is 11.1. The minimum absolute atomic E-state index is 0.634. The molecule has 2 aromatic rings. The van der Waals surface area contributed by atoms with E-state index >= 15 is 0 Å². The molecule has 4 heteroatoms. The van der Waals surface area contributed by atoms with E-state index in [0.29, 0.717) is 5.82 Å². The fourth-order valence-electron chi connectivity index (χ4n) is 2.74. The van der Waals surface area contributed by atoms with Gasteiger partial charge in [-0.2, -0.15) is 5.10 Å². The molecule has 3 N–H and O–H groups in total. The number of benzene rings is 1. The van der Waals surface area contributed by atoms with Crippen molar-refractivity contribution in [2.45, 2.75) is 25.8 Å². The molecule has 4 nitrogen and oxygen atoms in total. The van der Waals surface area contributed by atoms with Crippen molar-refractivity contribution < 1.29 is 0 Å². The van der Waals surface area contributed by atoms with E-state index in [-0.39, 0.29) is 0 Å². The highest BCUT2D eigenvalue weighted by molar-refractivity contribution is 5.73. The average Bonchev–Trinajstić information content (AvgIpc) is 2.86. The van der Waals surface area contributed by atoms with Gasteiger partial charge in [-0.05, 0) is 43.1 Å². The summed E-state index contributed by atoms with van der Waals surface area (Å²) in [4.78, 5) is 2.53. The fourth-order valence-corrected chi connectivity index (χ4v) is 2.74. The third-order valence-electron chi connectivity index (χ3n) is 3.76. The second kappa shape index (κ2) is 5.45. The summed E-state index contributed by atoms with van der Waals surface area (Å²) in [5.41, 5.74) is 9.35. The Balaban J connectivity index is 1.78. The van der Waals surface area contributed by atoms with Crippen LogP contribution in [0.25, 0.3) is 11.1 Å². The van der Waals surface area contributed by atoms with Crippen LogP contribution < -0.4 is 5.73 Å². The number of nitrogens with two attached hydrogens (primary N) is 1. The molecule has 19 heavy (non-hydrogen) atoms. The van der Waals surface area contributed by atoms with Gasteiger partial charge in [0.1, 0.15) is 5.82 Å². The molecule has 1 aromatic heterocycles. The van der Waals surface area contributed by atoms with Crippen LogP contribution in [0, 0.1) is 0 Å². The first-order valence-electron chi connectivity index (χ1n) is 6.93. The lowest BCUT2D eigenvalue weighted by molar-refractivity contribution is 0.221. The van der Waals surface area contributed by atoms with E-state index in [4.69, 9.17) is 5.73 Å². The maximum atomic E-state index is 5.88. The summed E-state index contributed by atoms with van der Waals surface area (Å²) in [5, 5.41) is 6.77. The van der Waals surface area contributed by atoms with Crippen LogP contribution in [0.5, 0.6) is 0 Å². The van der Waals surface area contributed by atoms with E-state index < -0.39 is 0 Å². The Morgan fingerprint density at radius 1 is 1.21 bits per heavy atom. The maximum Gasteiger partial charge on any atom is 0.126 e. The predicted molar refractivity (Wildman–Crippen MR) is 77.6 cm³/mol. The van der Waals surface area contributed by atoms with Crippen molar-refractivity contribution in [2.75, 3.05) is 18.8 Å². The molecule has 0 bridgehead atoms. The van der Waals surface area contributed by atoms with Gasteiger partial charge in [0, 0.05) is 12.1 Å². The average molecular weight is 256 g/mol. The largest absolute Gasteiger partial charge is 0.384 e. The number of nitrogens with one attached hydrogen (secondary N) is 1.